The lowest BCUT2D eigenvalue weighted by Crippen LogP contribution is -2.21. The van der Waals surface area contributed by atoms with Crippen LogP contribution in [0.2, 0.25) is 0 Å². The standard InChI is InChI=1S/C18H14BrN3O3S2/c19-14-9-7-13(8-10-14)12-20-21-18(23)15-4-1-2-5-16(15)22-27(24,25)17-6-3-11-26-17/h1-12,22H,(H,21,23)/b20-12+. The van der Waals surface area contributed by atoms with Crippen molar-refractivity contribution in [2.45, 2.75) is 4.21 Å². The summed E-state index contributed by atoms with van der Waals surface area (Å²) < 4.78 is 28.4. The quantitative estimate of drug-likeness (QED) is 0.426. The van der Waals surface area contributed by atoms with Crippen molar-refractivity contribution >= 4 is 55.1 Å². The van der Waals surface area contributed by atoms with Crippen LogP contribution in [-0.2, 0) is 10.0 Å². The molecule has 0 fully saturated rings. The Morgan fingerprint density at radius 2 is 1.78 bits per heavy atom. The normalized spacial score (nSPS) is 11.4. The average Bonchev–Trinajstić information content (AvgIpc) is 3.19. The Morgan fingerprint density at radius 3 is 2.48 bits per heavy atom. The summed E-state index contributed by atoms with van der Waals surface area (Å²) in [6, 6.07) is 16.9. The third-order valence-electron chi connectivity index (χ3n) is 3.43. The summed E-state index contributed by atoms with van der Waals surface area (Å²) >= 11 is 4.44. The van der Waals surface area contributed by atoms with Crippen LogP contribution in [0, 0.1) is 0 Å². The highest BCUT2D eigenvalue weighted by molar-refractivity contribution is 9.10. The number of hydrazone groups is 1. The topological polar surface area (TPSA) is 87.6 Å². The van der Waals surface area contributed by atoms with Crippen LogP contribution in [0.25, 0.3) is 0 Å². The lowest BCUT2D eigenvalue weighted by Gasteiger charge is -2.10. The number of benzene rings is 2. The first kappa shape index (κ1) is 19.3. The van der Waals surface area contributed by atoms with E-state index in [2.05, 4.69) is 31.2 Å². The van der Waals surface area contributed by atoms with Crippen LogP contribution in [0.3, 0.4) is 0 Å². The van der Waals surface area contributed by atoms with E-state index >= 15 is 0 Å². The molecule has 9 heteroatoms. The number of sulfonamides is 1. The Labute approximate surface area is 169 Å². The molecule has 6 nitrogen and oxygen atoms in total. The van der Waals surface area contributed by atoms with Gasteiger partial charge in [-0.15, -0.1) is 11.3 Å². The minimum Gasteiger partial charge on any atom is -0.278 e. The molecule has 0 unspecified atom stereocenters. The molecule has 1 amide bonds. The average molecular weight is 464 g/mol. The number of hydrogen-bond acceptors (Lipinski definition) is 5. The molecule has 0 aliphatic rings. The monoisotopic (exact) mass is 463 g/mol. The maximum absolute atomic E-state index is 12.4. The molecule has 0 saturated carbocycles. The molecule has 1 heterocycles. The molecule has 0 spiro atoms. The van der Waals surface area contributed by atoms with Crippen molar-refractivity contribution in [3.8, 4) is 0 Å². The summed E-state index contributed by atoms with van der Waals surface area (Å²) in [6.45, 7) is 0. The first-order valence-electron chi connectivity index (χ1n) is 7.70. The van der Waals surface area contributed by atoms with Crippen molar-refractivity contribution in [1.82, 2.24) is 5.43 Å². The highest BCUT2D eigenvalue weighted by Gasteiger charge is 2.19. The Hall–Kier alpha value is -2.49. The van der Waals surface area contributed by atoms with Crippen LogP contribution in [0.1, 0.15) is 15.9 Å². The summed E-state index contributed by atoms with van der Waals surface area (Å²) in [7, 11) is -3.75. The summed E-state index contributed by atoms with van der Waals surface area (Å²) in [4.78, 5) is 12.4. The molecule has 3 rings (SSSR count). The Balaban J connectivity index is 1.75. The number of para-hydroxylation sites is 1. The molecule has 0 radical (unpaired) electrons. The molecular weight excluding hydrogens is 450 g/mol. The van der Waals surface area contributed by atoms with Gasteiger partial charge in [0.05, 0.1) is 17.5 Å². The molecule has 27 heavy (non-hydrogen) atoms. The van der Waals surface area contributed by atoms with E-state index in [0.29, 0.717) is 0 Å². The van der Waals surface area contributed by atoms with Gasteiger partial charge in [-0.05, 0) is 41.3 Å². The molecule has 0 atom stereocenters. The summed E-state index contributed by atoms with van der Waals surface area (Å²) in [5.41, 5.74) is 3.57. The maximum atomic E-state index is 12.4. The van der Waals surface area contributed by atoms with Gasteiger partial charge in [-0.1, -0.05) is 46.3 Å². The predicted molar refractivity (Wildman–Crippen MR) is 111 cm³/mol. The van der Waals surface area contributed by atoms with Crippen LogP contribution in [0.5, 0.6) is 0 Å². The molecule has 3 aromatic rings. The lowest BCUT2D eigenvalue weighted by atomic mass is 10.2. The fourth-order valence-electron chi connectivity index (χ4n) is 2.16. The van der Waals surface area contributed by atoms with Gasteiger partial charge in [-0.2, -0.15) is 5.10 Å². The van der Waals surface area contributed by atoms with Crippen molar-refractivity contribution < 1.29 is 13.2 Å². The molecule has 2 N–H and O–H groups in total. The highest BCUT2D eigenvalue weighted by atomic mass is 79.9. The number of nitrogens with zero attached hydrogens (tertiary/aromatic N) is 1. The molecular formula is C18H14BrN3O3S2. The minimum absolute atomic E-state index is 0.172. The van der Waals surface area contributed by atoms with Crippen LogP contribution in [-0.4, -0.2) is 20.5 Å². The SMILES string of the molecule is O=C(N/N=C/c1ccc(Br)cc1)c1ccccc1NS(=O)(=O)c1cccs1. The zero-order valence-corrected chi connectivity index (χ0v) is 17.0. The third kappa shape index (κ3) is 5.03. The van der Waals surface area contributed by atoms with E-state index < -0.39 is 15.9 Å². The number of anilines is 1. The van der Waals surface area contributed by atoms with Crippen molar-refractivity contribution in [2.24, 2.45) is 5.10 Å². The fraction of sp³-hybridized carbons (Fsp3) is 0. The Morgan fingerprint density at radius 1 is 1.04 bits per heavy atom. The van der Waals surface area contributed by atoms with E-state index in [9.17, 15) is 13.2 Å². The Bertz CT molecular complexity index is 1060. The molecule has 0 aliphatic carbocycles. The predicted octanol–water partition coefficient (Wildman–Crippen LogP) is 4.08. The largest absolute Gasteiger partial charge is 0.278 e. The molecule has 2 aromatic carbocycles. The summed E-state index contributed by atoms with van der Waals surface area (Å²) in [5.74, 6) is -0.521. The lowest BCUT2D eigenvalue weighted by molar-refractivity contribution is 0.0956. The summed E-state index contributed by atoms with van der Waals surface area (Å²) in [6.07, 6.45) is 1.50. The molecule has 0 bridgehead atoms. The van der Waals surface area contributed by atoms with Crippen LogP contribution in [0.15, 0.2) is 79.8 Å². The van der Waals surface area contributed by atoms with Crippen molar-refractivity contribution in [1.29, 1.82) is 0 Å². The number of amides is 1. The number of rotatable bonds is 6. The van der Waals surface area contributed by atoms with Gasteiger partial charge in [0.15, 0.2) is 0 Å². The van der Waals surface area contributed by atoms with Gasteiger partial charge in [-0.3, -0.25) is 9.52 Å². The van der Waals surface area contributed by atoms with Gasteiger partial charge in [0.1, 0.15) is 4.21 Å². The molecule has 0 aliphatic heterocycles. The zero-order chi connectivity index (χ0) is 19.3. The number of carbonyl (C=O) groups excluding carboxylic acids is 1. The van der Waals surface area contributed by atoms with E-state index in [0.717, 1.165) is 21.4 Å². The van der Waals surface area contributed by atoms with Crippen molar-refractivity contribution in [3.63, 3.8) is 0 Å². The van der Waals surface area contributed by atoms with Crippen LogP contribution >= 0.6 is 27.3 Å². The second-order valence-electron chi connectivity index (χ2n) is 5.33. The van der Waals surface area contributed by atoms with Crippen LogP contribution in [0.4, 0.5) is 5.69 Å². The number of nitrogens with one attached hydrogen (secondary N) is 2. The Kier molecular flexibility index (Phi) is 6.04. The first-order chi connectivity index (χ1) is 13.0. The first-order valence-corrected chi connectivity index (χ1v) is 10.9. The van der Waals surface area contributed by atoms with Gasteiger partial charge in [0.2, 0.25) is 0 Å². The number of hydrogen-bond donors (Lipinski definition) is 2. The van der Waals surface area contributed by atoms with Gasteiger partial charge < -0.3 is 0 Å². The second-order valence-corrected chi connectivity index (χ2v) is 9.11. The van der Waals surface area contributed by atoms with E-state index in [1.54, 1.807) is 23.6 Å². The maximum Gasteiger partial charge on any atom is 0.273 e. The molecule has 138 valence electrons. The number of halogens is 1. The number of thiophene rings is 1. The second kappa shape index (κ2) is 8.47. The zero-order valence-electron chi connectivity index (χ0n) is 13.8. The number of carbonyl (C=O) groups is 1. The highest BCUT2D eigenvalue weighted by Crippen LogP contribution is 2.22. The molecule has 0 saturated heterocycles. The van der Waals surface area contributed by atoms with Gasteiger partial charge >= 0.3 is 0 Å². The minimum atomic E-state index is -3.75. The van der Waals surface area contributed by atoms with Crippen molar-refractivity contribution in [3.05, 3.63) is 81.6 Å². The molecule has 1 aromatic heterocycles. The van der Waals surface area contributed by atoms with Crippen LogP contribution < -0.4 is 10.1 Å². The van der Waals surface area contributed by atoms with E-state index in [-0.39, 0.29) is 15.5 Å². The van der Waals surface area contributed by atoms with E-state index in [1.807, 2.05) is 24.3 Å². The van der Waals surface area contributed by atoms with Gasteiger partial charge in [0, 0.05) is 4.47 Å². The van der Waals surface area contributed by atoms with Gasteiger partial charge in [-0.25, -0.2) is 13.8 Å². The van der Waals surface area contributed by atoms with Gasteiger partial charge in [0.25, 0.3) is 15.9 Å². The fourth-order valence-corrected chi connectivity index (χ4v) is 4.49. The smallest absolute Gasteiger partial charge is 0.273 e. The third-order valence-corrected chi connectivity index (χ3v) is 6.72. The van der Waals surface area contributed by atoms with Crippen molar-refractivity contribution in [2.75, 3.05) is 4.72 Å². The van der Waals surface area contributed by atoms with E-state index in [4.69, 9.17) is 0 Å². The summed E-state index contributed by atoms with van der Waals surface area (Å²) in [5, 5.41) is 5.59. The van der Waals surface area contributed by atoms with E-state index in [1.165, 1.54) is 24.4 Å².